The van der Waals surface area contributed by atoms with Gasteiger partial charge in [-0.1, -0.05) is 31.2 Å². The van der Waals surface area contributed by atoms with Crippen molar-refractivity contribution in [2.24, 2.45) is 5.14 Å². The molecular weight excluding hydrogens is 412 g/mol. The summed E-state index contributed by atoms with van der Waals surface area (Å²) >= 11 is 0. The summed E-state index contributed by atoms with van der Waals surface area (Å²) in [5.41, 5.74) is 4.79. The van der Waals surface area contributed by atoms with Crippen LogP contribution in [-0.2, 0) is 22.9 Å². The molecule has 2 aromatic carbocycles. The number of benzene rings is 2. The first kappa shape index (κ1) is 22.7. The predicted molar refractivity (Wildman–Crippen MR) is 121 cm³/mol. The third kappa shape index (κ3) is 5.18. The average Bonchev–Trinajstić information content (AvgIpc) is 2.73. The minimum atomic E-state index is -3.78. The lowest BCUT2D eigenvalue weighted by Gasteiger charge is -2.14. The third-order valence-corrected chi connectivity index (χ3v) is 6.13. The quantitative estimate of drug-likeness (QED) is 0.534. The van der Waals surface area contributed by atoms with Gasteiger partial charge < -0.3 is 4.74 Å². The van der Waals surface area contributed by atoms with E-state index in [0.29, 0.717) is 23.6 Å². The van der Waals surface area contributed by atoms with Crippen LogP contribution in [0.1, 0.15) is 40.9 Å². The van der Waals surface area contributed by atoms with E-state index in [1.807, 2.05) is 44.2 Å². The number of ether oxygens (including phenoxy) is 1. The second-order valence-corrected chi connectivity index (χ2v) is 8.79. The van der Waals surface area contributed by atoms with Gasteiger partial charge >= 0.3 is 0 Å². The lowest BCUT2D eigenvalue weighted by molar-refractivity contribution is 0.0993. The van der Waals surface area contributed by atoms with Crippen molar-refractivity contribution in [3.63, 3.8) is 0 Å². The van der Waals surface area contributed by atoms with Gasteiger partial charge in [0.15, 0.2) is 5.78 Å². The van der Waals surface area contributed by atoms with E-state index in [4.69, 9.17) is 9.88 Å². The Morgan fingerprint density at radius 2 is 1.84 bits per heavy atom. The fraction of sp³-hybridized carbons (Fsp3) is 0.250. The molecule has 0 unspecified atom stereocenters. The molecule has 0 aliphatic heterocycles. The number of rotatable bonds is 8. The largest absolute Gasteiger partial charge is 0.478 e. The molecule has 1 heterocycles. The monoisotopic (exact) mass is 438 g/mol. The van der Waals surface area contributed by atoms with Gasteiger partial charge in [-0.05, 0) is 66.8 Å². The van der Waals surface area contributed by atoms with Crippen LogP contribution in [0, 0.1) is 6.92 Å². The summed E-state index contributed by atoms with van der Waals surface area (Å²) in [5.74, 6) is 0.532. The molecule has 0 spiro atoms. The van der Waals surface area contributed by atoms with Crippen LogP contribution in [0.25, 0.3) is 11.1 Å². The Labute approximate surface area is 183 Å². The van der Waals surface area contributed by atoms with Crippen LogP contribution in [0.5, 0.6) is 5.88 Å². The molecule has 0 atom stereocenters. The summed E-state index contributed by atoms with van der Waals surface area (Å²) in [7, 11) is -3.78. The maximum absolute atomic E-state index is 12.9. The number of hydrogen-bond donors (Lipinski definition) is 1. The van der Waals surface area contributed by atoms with Gasteiger partial charge in [0.2, 0.25) is 15.9 Å². The number of aromatic nitrogens is 1. The molecular formula is C24H26N2O4S. The predicted octanol–water partition coefficient (Wildman–Crippen LogP) is 4.09. The fourth-order valence-corrected chi connectivity index (χ4v) is 4.36. The Kier molecular flexibility index (Phi) is 6.87. The Morgan fingerprint density at radius 1 is 1.06 bits per heavy atom. The zero-order valence-corrected chi connectivity index (χ0v) is 18.7. The van der Waals surface area contributed by atoms with Crippen LogP contribution in [-0.4, -0.2) is 25.8 Å². The van der Waals surface area contributed by atoms with Gasteiger partial charge in [0.25, 0.3) is 0 Å². The first-order valence-electron chi connectivity index (χ1n) is 10.1. The van der Waals surface area contributed by atoms with Crippen LogP contribution in [0.2, 0.25) is 0 Å². The molecule has 0 fully saturated rings. The van der Waals surface area contributed by atoms with Gasteiger partial charge in [0.1, 0.15) is 0 Å². The van der Waals surface area contributed by atoms with Gasteiger partial charge in [-0.25, -0.2) is 18.5 Å². The van der Waals surface area contributed by atoms with Gasteiger partial charge in [-0.15, -0.1) is 0 Å². The minimum absolute atomic E-state index is 0.0415. The number of aryl methyl sites for hydroxylation is 2. The third-order valence-electron chi connectivity index (χ3n) is 5.06. The highest BCUT2D eigenvalue weighted by Crippen LogP contribution is 2.32. The van der Waals surface area contributed by atoms with E-state index in [1.54, 1.807) is 25.3 Å². The van der Waals surface area contributed by atoms with Crippen molar-refractivity contribution in [3.8, 4) is 17.0 Å². The van der Waals surface area contributed by atoms with Gasteiger partial charge in [0, 0.05) is 23.7 Å². The highest BCUT2D eigenvalue weighted by atomic mass is 32.2. The molecule has 7 heteroatoms. The molecule has 2 N–H and O–H groups in total. The van der Waals surface area contributed by atoms with E-state index >= 15 is 0 Å². The fourth-order valence-electron chi connectivity index (χ4n) is 3.60. The van der Waals surface area contributed by atoms with Gasteiger partial charge in [-0.3, -0.25) is 4.79 Å². The molecule has 0 amide bonds. The van der Waals surface area contributed by atoms with Crippen molar-refractivity contribution in [1.82, 2.24) is 4.98 Å². The maximum atomic E-state index is 12.9. The molecule has 0 aliphatic carbocycles. The smallest absolute Gasteiger partial charge is 0.238 e. The number of carbonyl (C=O) groups is 1. The van der Waals surface area contributed by atoms with Crippen molar-refractivity contribution >= 4 is 15.8 Å². The van der Waals surface area contributed by atoms with E-state index in [1.165, 1.54) is 6.07 Å². The van der Waals surface area contributed by atoms with E-state index in [9.17, 15) is 13.2 Å². The number of pyridine rings is 1. The van der Waals surface area contributed by atoms with Crippen molar-refractivity contribution in [1.29, 1.82) is 0 Å². The second-order valence-electron chi connectivity index (χ2n) is 7.26. The highest BCUT2D eigenvalue weighted by Gasteiger charge is 2.16. The van der Waals surface area contributed by atoms with Gasteiger partial charge in [0.05, 0.1) is 11.5 Å². The van der Waals surface area contributed by atoms with E-state index in [-0.39, 0.29) is 17.1 Å². The standard InChI is InChI=1S/C24H26N2O4S/c1-4-18-15-19(9-10-20(18)21-7-6-12-26-24(21)30-5-2)22(27)14-17-8-11-23(16(3)13-17)31(25,28)29/h6-13,15H,4-5,14H2,1-3H3,(H2,25,28,29). The van der Waals surface area contributed by atoms with Gasteiger partial charge in [-0.2, -0.15) is 0 Å². The van der Waals surface area contributed by atoms with E-state index < -0.39 is 10.0 Å². The summed E-state index contributed by atoms with van der Waals surface area (Å²) < 4.78 is 28.8. The van der Waals surface area contributed by atoms with Crippen LogP contribution in [0.3, 0.4) is 0 Å². The molecule has 3 aromatic rings. The Balaban J connectivity index is 1.89. The van der Waals surface area contributed by atoms with Crippen LogP contribution < -0.4 is 9.88 Å². The van der Waals surface area contributed by atoms with E-state index in [2.05, 4.69) is 4.98 Å². The van der Waals surface area contributed by atoms with Crippen molar-refractivity contribution in [3.05, 3.63) is 77.0 Å². The number of sulfonamides is 1. The lowest BCUT2D eigenvalue weighted by Crippen LogP contribution is -2.14. The number of nitrogens with zero attached hydrogens (tertiary/aromatic N) is 1. The summed E-state index contributed by atoms with van der Waals surface area (Å²) in [6.45, 7) is 6.14. The molecule has 6 nitrogen and oxygen atoms in total. The number of nitrogens with two attached hydrogens (primary N) is 1. The summed E-state index contributed by atoms with van der Waals surface area (Å²) in [5, 5.41) is 5.22. The highest BCUT2D eigenvalue weighted by molar-refractivity contribution is 7.89. The number of primary sulfonamides is 1. The molecule has 1 aromatic heterocycles. The normalized spacial score (nSPS) is 11.4. The number of carbonyl (C=O) groups excluding carboxylic acids is 1. The molecule has 0 saturated heterocycles. The Bertz CT molecular complexity index is 1220. The topological polar surface area (TPSA) is 99.3 Å². The van der Waals surface area contributed by atoms with Crippen LogP contribution in [0.15, 0.2) is 59.6 Å². The zero-order chi connectivity index (χ0) is 22.6. The van der Waals surface area contributed by atoms with Crippen molar-refractivity contribution in [2.45, 2.75) is 38.5 Å². The number of ketones is 1. The maximum Gasteiger partial charge on any atom is 0.238 e. The molecule has 3 rings (SSSR count). The number of Topliss-reactive ketones (excluding diaryl/α,β-unsaturated/α-hetero) is 1. The van der Waals surface area contributed by atoms with Crippen molar-refractivity contribution in [2.75, 3.05) is 6.61 Å². The average molecular weight is 439 g/mol. The molecule has 0 radical (unpaired) electrons. The molecule has 0 aliphatic rings. The van der Waals surface area contributed by atoms with E-state index in [0.717, 1.165) is 28.7 Å². The van der Waals surface area contributed by atoms with Crippen molar-refractivity contribution < 1.29 is 17.9 Å². The SMILES string of the molecule is CCOc1ncccc1-c1ccc(C(=O)Cc2ccc(S(N)(=O)=O)c(C)c2)cc1CC. The Morgan fingerprint density at radius 3 is 2.48 bits per heavy atom. The molecule has 162 valence electrons. The minimum Gasteiger partial charge on any atom is -0.478 e. The lowest BCUT2D eigenvalue weighted by atomic mass is 9.93. The zero-order valence-electron chi connectivity index (χ0n) is 17.9. The van der Waals surface area contributed by atoms with Crippen LogP contribution >= 0.6 is 0 Å². The molecule has 0 bridgehead atoms. The first-order chi connectivity index (χ1) is 14.7. The van der Waals surface area contributed by atoms with Crippen LogP contribution in [0.4, 0.5) is 0 Å². The first-order valence-corrected chi connectivity index (χ1v) is 11.7. The number of hydrogen-bond acceptors (Lipinski definition) is 5. The summed E-state index contributed by atoms with van der Waals surface area (Å²) in [6.07, 6.45) is 2.62. The Hall–Kier alpha value is -3.03. The summed E-state index contributed by atoms with van der Waals surface area (Å²) in [4.78, 5) is 17.3. The molecule has 31 heavy (non-hydrogen) atoms. The second kappa shape index (κ2) is 9.41. The summed E-state index contributed by atoms with van der Waals surface area (Å²) in [6, 6.07) is 14.2. The molecule has 0 saturated carbocycles.